The van der Waals surface area contributed by atoms with E-state index in [-0.39, 0.29) is 5.41 Å². The van der Waals surface area contributed by atoms with E-state index in [4.69, 9.17) is 11.6 Å². The highest BCUT2D eigenvalue weighted by Crippen LogP contribution is 2.25. The maximum Gasteiger partial charge on any atom is 0.136 e. The topological polar surface area (TPSA) is 56.5 Å². The summed E-state index contributed by atoms with van der Waals surface area (Å²) in [7, 11) is 0. The average Bonchev–Trinajstić information content (AvgIpc) is 2.76. The summed E-state index contributed by atoms with van der Waals surface area (Å²) in [6.45, 7) is 9.08. The van der Waals surface area contributed by atoms with Crippen LogP contribution in [0.3, 0.4) is 0 Å². The van der Waals surface area contributed by atoms with Crippen molar-refractivity contribution in [1.29, 1.82) is 0 Å². The molecule has 0 saturated carbocycles. The number of nitrogens with zero attached hydrogens (tertiary/aromatic N) is 5. The van der Waals surface area contributed by atoms with Crippen LogP contribution in [0.2, 0.25) is 5.15 Å². The molecule has 0 bridgehead atoms. The highest BCUT2D eigenvalue weighted by atomic mass is 35.5. The fraction of sp³-hybridized carbons (Fsp3) is 0.538. The molecule has 6 heteroatoms. The van der Waals surface area contributed by atoms with Crippen LogP contribution in [-0.2, 0) is 12.0 Å². The zero-order valence-electron chi connectivity index (χ0n) is 11.7. The number of hydrogen-bond acceptors (Lipinski definition) is 4. The van der Waals surface area contributed by atoms with E-state index in [0.717, 1.165) is 30.2 Å². The van der Waals surface area contributed by atoms with Crippen LogP contribution < -0.4 is 0 Å². The van der Waals surface area contributed by atoms with Crippen molar-refractivity contribution in [2.75, 3.05) is 0 Å². The van der Waals surface area contributed by atoms with Crippen molar-refractivity contribution in [2.45, 2.75) is 46.1 Å². The van der Waals surface area contributed by atoms with Crippen LogP contribution in [0, 0.1) is 0 Å². The monoisotopic (exact) mass is 279 g/mol. The average molecular weight is 280 g/mol. The lowest BCUT2D eigenvalue weighted by atomic mass is 9.95. The molecule has 0 atom stereocenters. The minimum atomic E-state index is -0.150. The van der Waals surface area contributed by atoms with Gasteiger partial charge in [0.2, 0.25) is 0 Å². The third-order valence-corrected chi connectivity index (χ3v) is 2.87. The second kappa shape index (κ2) is 5.25. The van der Waals surface area contributed by atoms with Gasteiger partial charge in [0.25, 0.3) is 0 Å². The smallest absolute Gasteiger partial charge is 0.136 e. The molecule has 2 aromatic heterocycles. The Kier molecular flexibility index (Phi) is 3.85. The Morgan fingerprint density at radius 2 is 2.00 bits per heavy atom. The Hall–Kier alpha value is -1.49. The molecule has 2 heterocycles. The molecular formula is C13H18ClN5. The lowest BCUT2D eigenvalue weighted by molar-refractivity contribution is 0.544. The molecule has 0 unspecified atom stereocenters. The molecular weight excluding hydrogens is 262 g/mol. The molecule has 0 radical (unpaired) electrons. The Balaban J connectivity index is 2.50. The molecule has 0 aliphatic rings. The third kappa shape index (κ3) is 3.10. The van der Waals surface area contributed by atoms with Crippen molar-refractivity contribution < 1.29 is 0 Å². The molecule has 0 saturated heterocycles. The van der Waals surface area contributed by atoms with E-state index in [0.29, 0.717) is 5.15 Å². The van der Waals surface area contributed by atoms with Crippen LogP contribution in [0.4, 0.5) is 0 Å². The van der Waals surface area contributed by atoms with Crippen molar-refractivity contribution in [1.82, 2.24) is 25.0 Å². The zero-order valence-corrected chi connectivity index (χ0v) is 12.4. The van der Waals surface area contributed by atoms with E-state index < -0.39 is 0 Å². The van der Waals surface area contributed by atoms with Crippen molar-refractivity contribution in [3.8, 4) is 11.4 Å². The molecule has 19 heavy (non-hydrogen) atoms. The molecule has 5 nitrogen and oxygen atoms in total. The van der Waals surface area contributed by atoms with Gasteiger partial charge in [-0.2, -0.15) is 0 Å². The standard InChI is InChI=1S/C13H18ClN5/c1-5-6-19-10(8-15-18-19)9-7-11(14)17-12(16-9)13(2,3)4/h7-8H,5-6H2,1-4H3. The molecule has 0 aliphatic carbocycles. The summed E-state index contributed by atoms with van der Waals surface area (Å²) in [5, 5.41) is 8.46. The van der Waals surface area contributed by atoms with E-state index >= 15 is 0 Å². The molecule has 0 spiro atoms. The highest BCUT2D eigenvalue weighted by Gasteiger charge is 2.20. The van der Waals surface area contributed by atoms with Crippen molar-refractivity contribution in [2.24, 2.45) is 0 Å². The van der Waals surface area contributed by atoms with Gasteiger partial charge in [0, 0.05) is 18.0 Å². The van der Waals surface area contributed by atoms with Gasteiger partial charge in [0.1, 0.15) is 16.7 Å². The lowest BCUT2D eigenvalue weighted by Crippen LogP contribution is -2.17. The first kappa shape index (κ1) is 13.9. The van der Waals surface area contributed by atoms with Gasteiger partial charge in [-0.1, -0.05) is 44.5 Å². The van der Waals surface area contributed by atoms with Crippen molar-refractivity contribution in [3.63, 3.8) is 0 Å². The number of hydrogen-bond donors (Lipinski definition) is 0. The predicted molar refractivity (Wildman–Crippen MR) is 75.0 cm³/mol. The first-order valence-corrected chi connectivity index (χ1v) is 6.73. The fourth-order valence-electron chi connectivity index (χ4n) is 1.72. The Morgan fingerprint density at radius 3 is 2.63 bits per heavy atom. The summed E-state index contributed by atoms with van der Waals surface area (Å²) in [5.41, 5.74) is 1.49. The van der Waals surface area contributed by atoms with Gasteiger partial charge in [0.05, 0.1) is 11.9 Å². The van der Waals surface area contributed by atoms with E-state index in [1.807, 2.05) is 4.68 Å². The van der Waals surface area contributed by atoms with Crippen LogP contribution in [0.25, 0.3) is 11.4 Å². The van der Waals surface area contributed by atoms with Gasteiger partial charge in [-0.25, -0.2) is 14.6 Å². The molecule has 0 amide bonds. The second-order valence-electron chi connectivity index (χ2n) is 5.49. The van der Waals surface area contributed by atoms with E-state index in [1.54, 1.807) is 12.3 Å². The summed E-state index contributed by atoms with van der Waals surface area (Å²) < 4.78 is 1.84. The van der Waals surface area contributed by atoms with Crippen LogP contribution in [0.1, 0.15) is 39.9 Å². The molecule has 0 fully saturated rings. The molecule has 2 aromatic rings. The summed E-state index contributed by atoms with van der Waals surface area (Å²) in [6.07, 6.45) is 2.70. The second-order valence-corrected chi connectivity index (χ2v) is 5.88. The molecule has 0 aromatic carbocycles. The van der Waals surface area contributed by atoms with Crippen LogP contribution in [-0.4, -0.2) is 25.0 Å². The van der Waals surface area contributed by atoms with Crippen LogP contribution in [0.5, 0.6) is 0 Å². The summed E-state index contributed by atoms with van der Waals surface area (Å²) in [6, 6.07) is 1.75. The fourth-order valence-corrected chi connectivity index (χ4v) is 1.90. The quantitative estimate of drug-likeness (QED) is 0.810. The zero-order chi connectivity index (χ0) is 14.0. The maximum atomic E-state index is 6.10. The minimum absolute atomic E-state index is 0.150. The number of halogens is 1. The number of aromatic nitrogens is 5. The van der Waals surface area contributed by atoms with Gasteiger partial charge in [-0.3, -0.25) is 0 Å². The number of aryl methyl sites for hydroxylation is 1. The van der Waals surface area contributed by atoms with Gasteiger partial charge >= 0.3 is 0 Å². The van der Waals surface area contributed by atoms with Gasteiger partial charge in [-0.05, 0) is 6.42 Å². The van der Waals surface area contributed by atoms with Crippen LogP contribution in [0.15, 0.2) is 12.3 Å². The third-order valence-electron chi connectivity index (χ3n) is 2.68. The van der Waals surface area contributed by atoms with Gasteiger partial charge in [-0.15, -0.1) is 5.10 Å². The van der Waals surface area contributed by atoms with E-state index in [2.05, 4.69) is 48.0 Å². The molecule has 0 N–H and O–H groups in total. The normalized spacial score (nSPS) is 11.8. The Morgan fingerprint density at radius 1 is 1.26 bits per heavy atom. The largest absolute Gasteiger partial charge is 0.243 e. The Labute approximate surface area is 118 Å². The maximum absolute atomic E-state index is 6.10. The lowest BCUT2D eigenvalue weighted by Gasteiger charge is -2.17. The van der Waals surface area contributed by atoms with Gasteiger partial charge < -0.3 is 0 Å². The first-order valence-electron chi connectivity index (χ1n) is 6.35. The summed E-state index contributed by atoms with van der Waals surface area (Å²) in [5.74, 6) is 0.722. The predicted octanol–water partition coefficient (Wildman–Crippen LogP) is 3.10. The minimum Gasteiger partial charge on any atom is -0.243 e. The molecule has 0 aliphatic heterocycles. The summed E-state index contributed by atoms with van der Waals surface area (Å²) in [4.78, 5) is 8.89. The van der Waals surface area contributed by atoms with Crippen LogP contribution >= 0.6 is 11.6 Å². The molecule has 2 rings (SSSR count). The first-order chi connectivity index (χ1) is 8.91. The van der Waals surface area contributed by atoms with E-state index in [1.165, 1.54) is 0 Å². The number of rotatable bonds is 3. The van der Waals surface area contributed by atoms with Crippen molar-refractivity contribution in [3.05, 3.63) is 23.2 Å². The SMILES string of the molecule is CCCn1nncc1-c1cc(Cl)nc(C(C)(C)C)n1. The van der Waals surface area contributed by atoms with Crippen molar-refractivity contribution >= 4 is 11.6 Å². The summed E-state index contributed by atoms with van der Waals surface area (Å²) >= 11 is 6.10. The Bertz CT molecular complexity index is 571. The van der Waals surface area contributed by atoms with E-state index in [9.17, 15) is 0 Å². The highest BCUT2D eigenvalue weighted by molar-refractivity contribution is 6.29. The van der Waals surface area contributed by atoms with Gasteiger partial charge in [0.15, 0.2) is 0 Å². The molecule has 102 valence electrons.